The van der Waals surface area contributed by atoms with Gasteiger partial charge in [0.2, 0.25) is 11.8 Å². The number of carbonyl (C=O) groups is 1. The Hall–Kier alpha value is -4.26. The molecule has 0 radical (unpaired) electrons. The molecule has 0 unspecified atom stereocenters. The van der Waals surface area contributed by atoms with E-state index in [0.29, 0.717) is 17.9 Å². The SMILES string of the molecule is CCCNC(=O)Cn1c(O)c(N=Nc2c3ccccc3nc3ccccc23)c2ccccc21. The van der Waals surface area contributed by atoms with Crippen molar-refractivity contribution in [1.29, 1.82) is 0 Å². The highest BCUT2D eigenvalue weighted by Gasteiger charge is 2.18. The fourth-order valence-electron chi connectivity index (χ4n) is 4.02. The van der Waals surface area contributed by atoms with Crippen LogP contribution in [0.15, 0.2) is 83.0 Å². The van der Waals surface area contributed by atoms with Crippen molar-refractivity contribution in [2.75, 3.05) is 6.54 Å². The number of benzene rings is 3. The Morgan fingerprint density at radius 3 is 2.12 bits per heavy atom. The van der Waals surface area contributed by atoms with Gasteiger partial charge in [-0.2, -0.15) is 0 Å². The minimum absolute atomic E-state index is 0.00296. The monoisotopic (exact) mass is 437 g/mol. The molecule has 5 aromatic rings. The first-order chi connectivity index (χ1) is 16.2. The van der Waals surface area contributed by atoms with Gasteiger partial charge in [-0.15, -0.1) is 10.2 Å². The quantitative estimate of drug-likeness (QED) is 0.252. The number of hydrogen-bond donors (Lipinski definition) is 2. The van der Waals surface area contributed by atoms with E-state index in [9.17, 15) is 9.90 Å². The molecule has 2 aromatic heterocycles. The third-order valence-electron chi connectivity index (χ3n) is 5.60. The maximum absolute atomic E-state index is 12.3. The molecule has 0 spiro atoms. The Morgan fingerprint density at radius 2 is 1.45 bits per heavy atom. The van der Waals surface area contributed by atoms with Crippen LogP contribution in [0.3, 0.4) is 0 Å². The number of aromatic nitrogens is 2. The molecule has 3 aromatic carbocycles. The lowest BCUT2D eigenvalue weighted by atomic mass is 10.1. The van der Waals surface area contributed by atoms with Gasteiger partial charge in [0.15, 0.2) is 5.69 Å². The van der Waals surface area contributed by atoms with Gasteiger partial charge in [0.05, 0.1) is 16.6 Å². The van der Waals surface area contributed by atoms with Gasteiger partial charge in [-0.1, -0.05) is 61.5 Å². The Labute approximate surface area is 190 Å². The summed E-state index contributed by atoms with van der Waals surface area (Å²) in [6.45, 7) is 2.59. The largest absolute Gasteiger partial charge is 0.493 e. The second-order valence-electron chi connectivity index (χ2n) is 7.82. The number of nitrogens with zero attached hydrogens (tertiary/aromatic N) is 4. The predicted molar refractivity (Wildman–Crippen MR) is 130 cm³/mol. The first-order valence-electron chi connectivity index (χ1n) is 10.9. The van der Waals surface area contributed by atoms with Crippen molar-refractivity contribution < 1.29 is 9.90 Å². The number of carbonyl (C=O) groups excluding carboxylic acids is 1. The van der Waals surface area contributed by atoms with Gasteiger partial charge in [-0.05, 0) is 24.6 Å². The number of para-hydroxylation sites is 3. The van der Waals surface area contributed by atoms with Crippen LogP contribution in [-0.4, -0.2) is 27.1 Å². The van der Waals surface area contributed by atoms with Crippen LogP contribution in [0.2, 0.25) is 0 Å². The second-order valence-corrected chi connectivity index (χ2v) is 7.82. The maximum atomic E-state index is 12.3. The average Bonchev–Trinajstić information content (AvgIpc) is 3.11. The molecule has 1 amide bonds. The molecule has 7 heteroatoms. The van der Waals surface area contributed by atoms with Crippen molar-refractivity contribution in [3.05, 3.63) is 72.8 Å². The van der Waals surface area contributed by atoms with Crippen LogP contribution in [0.25, 0.3) is 32.7 Å². The fourth-order valence-corrected chi connectivity index (χ4v) is 4.02. The zero-order valence-corrected chi connectivity index (χ0v) is 18.2. The predicted octanol–water partition coefficient (Wildman–Crippen LogP) is 5.99. The molecule has 2 heterocycles. The molecule has 5 rings (SSSR count). The van der Waals surface area contributed by atoms with E-state index in [1.54, 1.807) is 4.57 Å². The van der Waals surface area contributed by atoms with E-state index < -0.39 is 0 Å². The van der Waals surface area contributed by atoms with E-state index in [1.165, 1.54) is 0 Å². The van der Waals surface area contributed by atoms with Gasteiger partial charge >= 0.3 is 0 Å². The number of azo groups is 1. The maximum Gasteiger partial charge on any atom is 0.240 e. The summed E-state index contributed by atoms with van der Waals surface area (Å²) in [5.41, 5.74) is 3.39. The molecular formula is C26H23N5O2. The first-order valence-corrected chi connectivity index (χ1v) is 10.9. The summed E-state index contributed by atoms with van der Waals surface area (Å²) >= 11 is 0. The van der Waals surface area contributed by atoms with E-state index in [2.05, 4.69) is 15.5 Å². The molecule has 0 fully saturated rings. The number of nitrogens with one attached hydrogen (secondary N) is 1. The Kier molecular flexibility index (Phi) is 5.44. The van der Waals surface area contributed by atoms with Crippen LogP contribution in [0, 0.1) is 0 Å². The molecule has 7 nitrogen and oxygen atoms in total. The molecule has 0 aliphatic rings. The lowest BCUT2D eigenvalue weighted by molar-refractivity contribution is -0.121. The van der Waals surface area contributed by atoms with Crippen LogP contribution in [0.5, 0.6) is 5.88 Å². The standard InChI is InChI=1S/C26H23N5O2/c1-2-15-27-23(32)16-31-22-14-8-5-11-19(22)25(26(31)33)30-29-24-17-9-3-6-12-20(17)28-21-13-7-4-10-18(21)24/h3-14,33H,2,15-16H2,1H3,(H,27,32). The molecule has 2 N–H and O–H groups in total. The van der Waals surface area contributed by atoms with Gasteiger partial charge in [0.1, 0.15) is 12.2 Å². The lowest BCUT2D eigenvalue weighted by Gasteiger charge is -2.07. The molecule has 0 atom stereocenters. The lowest BCUT2D eigenvalue weighted by Crippen LogP contribution is -2.27. The zero-order valence-electron chi connectivity index (χ0n) is 18.2. The van der Waals surface area contributed by atoms with E-state index in [4.69, 9.17) is 4.98 Å². The molecule has 0 bridgehead atoms. The first kappa shape index (κ1) is 20.6. The summed E-state index contributed by atoms with van der Waals surface area (Å²) in [7, 11) is 0. The minimum Gasteiger partial charge on any atom is -0.493 e. The Balaban J connectivity index is 1.64. The number of amides is 1. The number of pyridine rings is 1. The van der Waals surface area contributed by atoms with Crippen molar-refractivity contribution in [1.82, 2.24) is 14.9 Å². The smallest absolute Gasteiger partial charge is 0.240 e. The normalized spacial score (nSPS) is 11.7. The average molecular weight is 438 g/mol. The molecule has 0 aliphatic carbocycles. The van der Waals surface area contributed by atoms with Gasteiger partial charge in [-0.25, -0.2) is 4.98 Å². The van der Waals surface area contributed by atoms with E-state index in [0.717, 1.165) is 39.1 Å². The third-order valence-corrected chi connectivity index (χ3v) is 5.60. The number of aromatic hydroxyl groups is 1. The summed E-state index contributed by atoms with van der Waals surface area (Å²) in [5, 5.41) is 25.4. The number of rotatable bonds is 6. The van der Waals surface area contributed by atoms with E-state index in [1.807, 2.05) is 79.7 Å². The van der Waals surface area contributed by atoms with Gasteiger partial charge in [0.25, 0.3) is 0 Å². The fraction of sp³-hybridized carbons (Fsp3) is 0.154. The van der Waals surface area contributed by atoms with Crippen molar-refractivity contribution >= 4 is 50.0 Å². The van der Waals surface area contributed by atoms with Gasteiger partial charge in [-0.3, -0.25) is 4.79 Å². The molecule has 0 saturated heterocycles. The second kappa shape index (κ2) is 8.70. The summed E-state index contributed by atoms with van der Waals surface area (Å²) < 4.78 is 1.57. The molecular weight excluding hydrogens is 414 g/mol. The molecule has 164 valence electrons. The number of hydrogen-bond acceptors (Lipinski definition) is 5. The third kappa shape index (κ3) is 3.78. The topological polar surface area (TPSA) is 91.9 Å². The van der Waals surface area contributed by atoms with Crippen LogP contribution >= 0.6 is 0 Å². The highest BCUT2D eigenvalue weighted by atomic mass is 16.3. The summed E-state index contributed by atoms with van der Waals surface area (Å²) in [6.07, 6.45) is 0.845. The molecule has 33 heavy (non-hydrogen) atoms. The van der Waals surface area contributed by atoms with Crippen molar-refractivity contribution in [2.45, 2.75) is 19.9 Å². The van der Waals surface area contributed by atoms with E-state index >= 15 is 0 Å². The summed E-state index contributed by atoms with van der Waals surface area (Å²) in [6, 6.07) is 23.0. The highest BCUT2D eigenvalue weighted by molar-refractivity contribution is 6.06. The number of fused-ring (bicyclic) bond motifs is 3. The van der Waals surface area contributed by atoms with Crippen molar-refractivity contribution in [3.8, 4) is 5.88 Å². The van der Waals surface area contributed by atoms with Crippen molar-refractivity contribution in [3.63, 3.8) is 0 Å². The summed E-state index contributed by atoms with van der Waals surface area (Å²) in [5.74, 6) is -0.253. The molecule has 0 saturated carbocycles. The minimum atomic E-state index is -0.164. The van der Waals surface area contributed by atoms with Gasteiger partial charge in [0, 0.05) is 22.7 Å². The van der Waals surface area contributed by atoms with E-state index in [-0.39, 0.29) is 18.3 Å². The summed E-state index contributed by atoms with van der Waals surface area (Å²) in [4.78, 5) is 17.1. The van der Waals surface area contributed by atoms with Crippen LogP contribution in [0.1, 0.15) is 13.3 Å². The molecule has 0 aliphatic heterocycles. The zero-order chi connectivity index (χ0) is 22.8. The van der Waals surface area contributed by atoms with Gasteiger partial charge < -0.3 is 15.0 Å². The van der Waals surface area contributed by atoms with Crippen molar-refractivity contribution in [2.24, 2.45) is 10.2 Å². The van der Waals surface area contributed by atoms with Crippen LogP contribution in [-0.2, 0) is 11.3 Å². The Morgan fingerprint density at radius 1 is 0.879 bits per heavy atom. The highest BCUT2D eigenvalue weighted by Crippen LogP contribution is 2.41. The Bertz CT molecular complexity index is 1470. The van der Waals surface area contributed by atoms with Crippen LogP contribution < -0.4 is 5.32 Å². The van der Waals surface area contributed by atoms with Crippen LogP contribution in [0.4, 0.5) is 11.4 Å².